The Morgan fingerprint density at radius 2 is 2.00 bits per heavy atom. The van der Waals surface area contributed by atoms with Crippen LogP contribution in [0.15, 0.2) is 67.1 Å². The van der Waals surface area contributed by atoms with Crippen LogP contribution in [0.25, 0.3) is 10.9 Å². The van der Waals surface area contributed by atoms with Crippen molar-refractivity contribution in [3.63, 3.8) is 0 Å². The minimum absolute atomic E-state index is 0.0213. The second-order valence-electron chi connectivity index (χ2n) is 11.0. The highest BCUT2D eigenvalue weighted by molar-refractivity contribution is 6.00. The van der Waals surface area contributed by atoms with Crippen molar-refractivity contribution in [1.82, 2.24) is 24.8 Å². The Bertz CT molecular complexity index is 1640. The van der Waals surface area contributed by atoms with Crippen LogP contribution in [0.5, 0.6) is 17.2 Å². The molecule has 1 amide bonds. The van der Waals surface area contributed by atoms with Crippen LogP contribution < -0.4 is 19.7 Å². The Hall–Kier alpha value is -4.70. The molecule has 216 valence electrons. The zero-order chi connectivity index (χ0) is 29.2. The van der Waals surface area contributed by atoms with E-state index in [0.717, 1.165) is 58.1 Å². The van der Waals surface area contributed by atoms with Gasteiger partial charge in [0.2, 0.25) is 5.91 Å². The summed E-state index contributed by atoms with van der Waals surface area (Å²) < 4.78 is 12.5. The van der Waals surface area contributed by atoms with Crippen LogP contribution in [-0.4, -0.2) is 83.6 Å². The van der Waals surface area contributed by atoms with Crippen LogP contribution >= 0.6 is 0 Å². The summed E-state index contributed by atoms with van der Waals surface area (Å²) >= 11 is 0. The lowest BCUT2D eigenvalue weighted by molar-refractivity contribution is -0.129. The van der Waals surface area contributed by atoms with Crippen molar-refractivity contribution in [2.75, 3.05) is 57.1 Å². The molecule has 1 atom stereocenters. The molecule has 1 saturated heterocycles. The van der Waals surface area contributed by atoms with E-state index in [1.54, 1.807) is 18.6 Å². The number of aromatic nitrogens is 3. The monoisotopic (exact) mass is 565 g/mol. The molecular formula is C32H35N7O3. The van der Waals surface area contributed by atoms with Crippen molar-refractivity contribution < 1.29 is 14.3 Å². The predicted octanol–water partition coefficient (Wildman–Crippen LogP) is 4.70. The number of hydrogen-bond acceptors (Lipinski definition) is 9. The highest BCUT2D eigenvalue weighted by Crippen LogP contribution is 2.42. The average molecular weight is 566 g/mol. The maximum atomic E-state index is 13.0. The van der Waals surface area contributed by atoms with Crippen LogP contribution in [0.3, 0.4) is 0 Å². The Balaban J connectivity index is 1.25. The number of amides is 1. The van der Waals surface area contributed by atoms with Gasteiger partial charge in [-0.1, -0.05) is 6.08 Å². The third-order valence-electron chi connectivity index (χ3n) is 7.54. The third-order valence-corrected chi connectivity index (χ3v) is 7.54. The number of aryl methyl sites for hydroxylation is 2. The van der Waals surface area contributed by atoms with Gasteiger partial charge in [0.25, 0.3) is 0 Å². The first-order chi connectivity index (χ1) is 20.4. The Morgan fingerprint density at radius 3 is 2.79 bits per heavy atom. The van der Waals surface area contributed by atoms with Gasteiger partial charge in [-0.25, -0.2) is 9.97 Å². The summed E-state index contributed by atoms with van der Waals surface area (Å²) in [5, 5.41) is 4.30. The highest BCUT2D eigenvalue weighted by atomic mass is 16.5. The molecule has 1 fully saturated rings. The summed E-state index contributed by atoms with van der Waals surface area (Å²) in [5.74, 6) is 2.86. The summed E-state index contributed by atoms with van der Waals surface area (Å²) in [6.07, 6.45) is 6.86. The number of likely N-dealkylation sites (N-methyl/N-ethyl adjacent to an activating group) is 1. The van der Waals surface area contributed by atoms with Crippen LogP contribution in [0.4, 0.5) is 17.2 Å². The fraction of sp³-hybridized carbons (Fsp3) is 0.312. The number of ether oxygens (including phenoxy) is 2. The van der Waals surface area contributed by atoms with Crippen LogP contribution in [0.2, 0.25) is 0 Å². The number of piperazine rings is 1. The smallest absolute Gasteiger partial charge is 0.246 e. The fourth-order valence-electron chi connectivity index (χ4n) is 5.37. The number of hydrogen-bond donors (Lipinski definition) is 1. The predicted molar refractivity (Wildman–Crippen MR) is 164 cm³/mol. The van der Waals surface area contributed by atoms with Crippen molar-refractivity contribution in [2.45, 2.75) is 19.9 Å². The van der Waals surface area contributed by atoms with E-state index in [9.17, 15) is 4.79 Å². The second-order valence-corrected chi connectivity index (χ2v) is 11.0. The van der Waals surface area contributed by atoms with Crippen LogP contribution in [0.1, 0.15) is 11.3 Å². The number of carbonyl (C=O) groups is 1. The van der Waals surface area contributed by atoms with Gasteiger partial charge in [0.05, 0.1) is 28.8 Å². The molecule has 0 spiro atoms. The van der Waals surface area contributed by atoms with Gasteiger partial charge >= 0.3 is 0 Å². The lowest BCUT2D eigenvalue weighted by Crippen LogP contribution is -2.56. The number of benzene rings is 2. The van der Waals surface area contributed by atoms with Gasteiger partial charge < -0.3 is 29.5 Å². The van der Waals surface area contributed by atoms with Gasteiger partial charge in [-0.2, -0.15) is 0 Å². The number of nitrogens with one attached hydrogen (secondary N) is 1. The number of carbonyl (C=O) groups excluding carboxylic acids is 1. The molecule has 1 N–H and O–H groups in total. The van der Waals surface area contributed by atoms with Gasteiger partial charge in [0.15, 0.2) is 5.75 Å². The van der Waals surface area contributed by atoms with Gasteiger partial charge in [-0.15, -0.1) is 0 Å². The molecule has 2 aromatic carbocycles. The molecule has 0 unspecified atom stereocenters. The van der Waals surface area contributed by atoms with E-state index in [0.29, 0.717) is 31.3 Å². The molecule has 0 radical (unpaired) electrons. The normalized spacial score (nSPS) is 16.4. The van der Waals surface area contributed by atoms with E-state index in [4.69, 9.17) is 9.47 Å². The SMILES string of the molecule is Cc1ccc(Oc2ccc(Nc3ncnc4ccc5c(c34)OC[C@H]3CN5CCN3C(=O)/C=C/CN(C)C)cc2C)cn1. The Morgan fingerprint density at radius 1 is 1.12 bits per heavy atom. The molecule has 0 saturated carbocycles. The first-order valence-electron chi connectivity index (χ1n) is 14.1. The van der Waals surface area contributed by atoms with Gasteiger partial charge in [-0.3, -0.25) is 9.78 Å². The largest absolute Gasteiger partial charge is 0.488 e. The molecule has 6 rings (SSSR count). The van der Waals surface area contributed by atoms with Gasteiger partial charge in [-0.05, 0) is 76.0 Å². The van der Waals surface area contributed by atoms with Crippen molar-refractivity contribution >= 4 is 34.0 Å². The van der Waals surface area contributed by atoms with Gasteiger partial charge in [0.1, 0.15) is 30.3 Å². The number of nitrogens with zero attached hydrogens (tertiary/aromatic N) is 6. The Kier molecular flexibility index (Phi) is 7.62. The zero-order valence-corrected chi connectivity index (χ0v) is 24.4. The number of rotatable bonds is 7. The molecule has 10 nitrogen and oxygen atoms in total. The van der Waals surface area contributed by atoms with E-state index >= 15 is 0 Å². The van der Waals surface area contributed by atoms with Crippen molar-refractivity contribution in [3.8, 4) is 17.2 Å². The molecule has 4 aromatic rings. The molecule has 2 aromatic heterocycles. The molecule has 4 heterocycles. The van der Waals surface area contributed by atoms with Gasteiger partial charge in [0, 0.05) is 43.6 Å². The standard InChI is InChI=1S/C32H35N7O3/c1-21-16-23(8-12-28(21)42-25-9-7-22(2)33-17-25)36-32-30-26(34-20-35-32)10-11-27-31(30)41-19-24-18-38(27)14-15-39(24)29(40)6-5-13-37(3)4/h5-12,16-17,20,24H,13-15,18-19H2,1-4H3,(H,34,35,36)/b6-5+/t24-/m1/s1. The number of fused-ring (bicyclic) bond motifs is 6. The lowest BCUT2D eigenvalue weighted by atomic mass is 10.1. The zero-order valence-electron chi connectivity index (χ0n) is 24.4. The van der Waals surface area contributed by atoms with Crippen molar-refractivity contribution in [3.05, 3.63) is 78.4 Å². The summed E-state index contributed by atoms with van der Waals surface area (Å²) in [6, 6.07) is 13.8. The van der Waals surface area contributed by atoms with E-state index in [2.05, 4.69) is 31.2 Å². The third kappa shape index (κ3) is 5.71. The Labute approximate surface area is 245 Å². The van der Waals surface area contributed by atoms with Crippen LogP contribution in [-0.2, 0) is 4.79 Å². The fourth-order valence-corrected chi connectivity index (χ4v) is 5.37. The number of pyridine rings is 1. The summed E-state index contributed by atoms with van der Waals surface area (Å²) in [5.41, 5.74) is 4.56. The highest BCUT2D eigenvalue weighted by Gasteiger charge is 2.35. The molecule has 2 aliphatic heterocycles. The van der Waals surface area contributed by atoms with E-state index in [-0.39, 0.29) is 11.9 Å². The molecule has 10 heteroatoms. The second kappa shape index (κ2) is 11.7. The van der Waals surface area contributed by atoms with Crippen LogP contribution in [0, 0.1) is 13.8 Å². The molecule has 42 heavy (non-hydrogen) atoms. The quantitative estimate of drug-likeness (QED) is 0.320. The molecule has 2 aliphatic rings. The first-order valence-corrected chi connectivity index (χ1v) is 14.1. The minimum atomic E-state index is -0.0577. The average Bonchev–Trinajstić information content (AvgIpc) is 3.11. The van der Waals surface area contributed by atoms with E-state index in [1.807, 2.05) is 80.2 Å². The minimum Gasteiger partial charge on any atom is -0.488 e. The maximum absolute atomic E-state index is 13.0. The summed E-state index contributed by atoms with van der Waals surface area (Å²) in [4.78, 5) is 32.7. The van der Waals surface area contributed by atoms with E-state index in [1.165, 1.54) is 0 Å². The summed E-state index contributed by atoms with van der Waals surface area (Å²) in [6.45, 7) is 7.13. The molecule has 0 aliphatic carbocycles. The number of anilines is 3. The first kappa shape index (κ1) is 27.5. The van der Waals surface area contributed by atoms with Crippen molar-refractivity contribution in [2.24, 2.45) is 0 Å². The maximum Gasteiger partial charge on any atom is 0.246 e. The topological polar surface area (TPSA) is 95.9 Å². The molecule has 2 bridgehead atoms. The lowest BCUT2D eigenvalue weighted by Gasteiger charge is -2.39. The van der Waals surface area contributed by atoms with E-state index < -0.39 is 0 Å². The van der Waals surface area contributed by atoms with Crippen molar-refractivity contribution in [1.29, 1.82) is 0 Å². The summed E-state index contributed by atoms with van der Waals surface area (Å²) in [7, 11) is 3.96. The molecular weight excluding hydrogens is 530 g/mol.